The Balaban J connectivity index is 2.07. The van der Waals surface area contributed by atoms with Gasteiger partial charge in [-0.05, 0) is 12.8 Å². The first-order valence-electron chi connectivity index (χ1n) is 7.85. The molecule has 0 spiro atoms. The van der Waals surface area contributed by atoms with Crippen LogP contribution in [0.1, 0.15) is 25.7 Å². The van der Waals surface area contributed by atoms with Crippen LogP contribution < -0.4 is 11.1 Å². The van der Waals surface area contributed by atoms with Gasteiger partial charge in [-0.1, -0.05) is 12.8 Å². The zero-order valence-electron chi connectivity index (χ0n) is 13.2. The van der Waals surface area contributed by atoms with Gasteiger partial charge in [0.2, 0.25) is 0 Å². The number of hydrogen-bond acceptors (Lipinski definition) is 5. The summed E-state index contributed by atoms with van der Waals surface area (Å²) < 4.78 is 0. The molecule has 9 nitrogen and oxygen atoms in total. The number of hydrogen-bond donors (Lipinski definition) is 4. The van der Waals surface area contributed by atoms with Gasteiger partial charge in [0.1, 0.15) is 6.04 Å². The van der Waals surface area contributed by atoms with E-state index >= 15 is 0 Å². The van der Waals surface area contributed by atoms with Crippen molar-refractivity contribution in [1.29, 1.82) is 0 Å². The molecule has 1 atom stereocenters. The molecular formula is C14H26N4O5. The molecule has 1 saturated heterocycles. The van der Waals surface area contributed by atoms with E-state index < -0.39 is 18.0 Å². The van der Waals surface area contributed by atoms with Gasteiger partial charge in [-0.25, -0.2) is 4.79 Å². The minimum absolute atomic E-state index is 0.00788. The third-order valence-electron chi connectivity index (χ3n) is 3.80. The number of piperazine rings is 1. The van der Waals surface area contributed by atoms with E-state index in [1.165, 1.54) is 0 Å². The zero-order chi connectivity index (χ0) is 17.2. The van der Waals surface area contributed by atoms with Gasteiger partial charge in [0.15, 0.2) is 0 Å². The van der Waals surface area contributed by atoms with Crippen molar-refractivity contribution in [1.82, 2.24) is 15.1 Å². The molecule has 1 aliphatic heterocycles. The number of carbonyl (C=O) groups excluding carboxylic acids is 1. The highest BCUT2D eigenvalue weighted by atomic mass is 16.4. The van der Waals surface area contributed by atoms with E-state index in [4.69, 9.17) is 15.9 Å². The maximum absolute atomic E-state index is 11.9. The van der Waals surface area contributed by atoms with Crippen LogP contribution in [-0.2, 0) is 9.59 Å². The second-order valence-corrected chi connectivity index (χ2v) is 5.68. The van der Waals surface area contributed by atoms with Crippen LogP contribution >= 0.6 is 0 Å². The number of rotatable bonds is 9. The zero-order valence-corrected chi connectivity index (χ0v) is 13.2. The van der Waals surface area contributed by atoms with E-state index in [1.54, 1.807) is 9.80 Å². The Kier molecular flexibility index (Phi) is 8.35. The first kappa shape index (κ1) is 19.2. The molecule has 5 N–H and O–H groups in total. The summed E-state index contributed by atoms with van der Waals surface area (Å²) >= 11 is 0. The fourth-order valence-corrected chi connectivity index (χ4v) is 2.40. The Labute approximate surface area is 135 Å². The van der Waals surface area contributed by atoms with Gasteiger partial charge < -0.3 is 26.2 Å². The van der Waals surface area contributed by atoms with Crippen molar-refractivity contribution in [2.45, 2.75) is 31.7 Å². The molecule has 2 amide bonds. The van der Waals surface area contributed by atoms with Gasteiger partial charge in [0, 0.05) is 32.7 Å². The lowest BCUT2D eigenvalue weighted by Crippen LogP contribution is -2.52. The molecule has 1 heterocycles. The first-order chi connectivity index (χ1) is 10.9. The van der Waals surface area contributed by atoms with Gasteiger partial charge in [-0.3, -0.25) is 14.5 Å². The smallest absolute Gasteiger partial charge is 0.320 e. The van der Waals surface area contributed by atoms with Crippen LogP contribution in [0.25, 0.3) is 0 Å². The minimum Gasteiger partial charge on any atom is -0.480 e. The first-order valence-corrected chi connectivity index (χ1v) is 7.85. The Morgan fingerprint density at radius 2 is 1.70 bits per heavy atom. The fourth-order valence-electron chi connectivity index (χ4n) is 2.40. The van der Waals surface area contributed by atoms with Gasteiger partial charge in [0.05, 0.1) is 6.54 Å². The van der Waals surface area contributed by atoms with Crippen molar-refractivity contribution >= 4 is 18.0 Å². The van der Waals surface area contributed by atoms with Crippen LogP contribution in [0.2, 0.25) is 0 Å². The molecule has 23 heavy (non-hydrogen) atoms. The predicted octanol–water partition coefficient (Wildman–Crippen LogP) is -0.629. The molecule has 0 saturated carbocycles. The van der Waals surface area contributed by atoms with Crippen molar-refractivity contribution in [2.75, 3.05) is 39.3 Å². The van der Waals surface area contributed by atoms with Gasteiger partial charge >= 0.3 is 18.0 Å². The van der Waals surface area contributed by atoms with E-state index in [-0.39, 0.29) is 12.6 Å². The van der Waals surface area contributed by atoms with Crippen molar-refractivity contribution in [2.24, 2.45) is 5.73 Å². The van der Waals surface area contributed by atoms with E-state index in [1.807, 2.05) is 0 Å². The van der Waals surface area contributed by atoms with Gasteiger partial charge in [-0.15, -0.1) is 0 Å². The number of unbranched alkanes of at least 4 members (excludes halogenated alkanes) is 2. The fraction of sp³-hybridized carbons (Fsp3) is 0.786. The lowest BCUT2D eigenvalue weighted by molar-refractivity contribution is -0.139. The molecule has 1 aliphatic rings. The maximum atomic E-state index is 11.9. The van der Waals surface area contributed by atoms with E-state index in [0.29, 0.717) is 39.1 Å². The number of carbonyl (C=O) groups is 3. The summed E-state index contributed by atoms with van der Waals surface area (Å²) in [7, 11) is 0. The highest BCUT2D eigenvalue weighted by Crippen LogP contribution is 2.04. The SMILES string of the molecule is NC(CCCCCNC(=O)N1CCN(CC(=O)O)CC1)C(=O)O. The number of amides is 2. The number of carboxylic acid groups (broad SMARTS) is 2. The predicted molar refractivity (Wildman–Crippen MR) is 83.1 cm³/mol. The lowest BCUT2D eigenvalue weighted by atomic mass is 10.1. The number of nitrogens with two attached hydrogens (primary N) is 1. The average Bonchev–Trinajstić information content (AvgIpc) is 2.50. The summed E-state index contributed by atoms with van der Waals surface area (Å²) in [5.41, 5.74) is 5.40. The topological polar surface area (TPSA) is 136 Å². The molecule has 0 aromatic heterocycles. The maximum Gasteiger partial charge on any atom is 0.320 e. The van der Waals surface area contributed by atoms with E-state index in [9.17, 15) is 14.4 Å². The van der Waals surface area contributed by atoms with Crippen LogP contribution in [-0.4, -0.2) is 83.3 Å². The monoisotopic (exact) mass is 330 g/mol. The standard InChI is InChI=1S/C14H26N4O5/c15-11(13(21)22)4-2-1-3-5-16-14(23)18-8-6-17(7-9-18)10-12(19)20/h11H,1-10,15H2,(H,16,23)(H,19,20)(H,21,22). The number of nitrogens with one attached hydrogen (secondary N) is 1. The number of urea groups is 1. The Morgan fingerprint density at radius 1 is 1.04 bits per heavy atom. The number of aliphatic carboxylic acids is 2. The van der Waals surface area contributed by atoms with Crippen molar-refractivity contribution in [3.8, 4) is 0 Å². The normalized spacial score (nSPS) is 16.8. The molecule has 1 unspecified atom stereocenters. The Morgan fingerprint density at radius 3 is 2.26 bits per heavy atom. The molecule has 0 bridgehead atoms. The molecule has 0 radical (unpaired) electrons. The molecule has 0 aromatic rings. The summed E-state index contributed by atoms with van der Waals surface area (Å²) in [5, 5.41) is 20.2. The highest BCUT2D eigenvalue weighted by molar-refractivity contribution is 5.74. The molecule has 0 aromatic carbocycles. The Hall–Kier alpha value is -1.87. The average molecular weight is 330 g/mol. The van der Waals surface area contributed by atoms with Crippen molar-refractivity contribution < 1.29 is 24.6 Å². The number of nitrogens with zero attached hydrogens (tertiary/aromatic N) is 2. The second kappa shape index (κ2) is 10.0. The molecule has 0 aliphatic carbocycles. The second-order valence-electron chi connectivity index (χ2n) is 5.68. The summed E-state index contributed by atoms with van der Waals surface area (Å²) in [5.74, 6) is -1.84. The van der Waals surface area contributed by atoms with Crippen LogP contribution in [0.5, 0.6) is 0 Å². The molecule has 132 valence electrons. The molecule has 1 fully saturated rings. The number of carboxylic acids is 2. The molecular weight excluding hydrogens is 304 g/mol. The van der Waals surface area contributed by atoms with Crippen LogP contribution in [0.3, 0.4) is 0 Å². The summed E-state index contributed by atoms with van der Waals surface area (Å²) in [4.78, 5) is 36.6. The largest absolute Gasteiger partial charge is 0.480 e. The minimum atomic E-state index is -0.986. The van der Waals surface area contributed by atoms with Crippen LogP contribution in [0, 0.1) is 0 Å². The third-order valence-corrected chi connectivity index (χ3v) is 3.80. The summed E-state index contributed by atoms with van der Waals surface area (Å²) in [6, 6.07) is -0.950. The van der Waals surface area contributed by atoms with Crippen molar-refractivity contribution in [3.63, 3.8) is 0 Å². The lowest BCUT2D eigenvalue weighted by Gasteiger charge is -2.33. The molecule has 1 rings (SSSR count). The third kappa shape index (κ3) is 7.80. The highest BCUT2D eigenvalue weighted by Gasteiger charge is 2.21. The van der Waals surface area contributed by atoms with Gasteiger partial charge in [-0.2, -0.15) is 0 Å². The summed E-state index contributed by atoms with van der Waals surface area (Å²) in [6.45, 7) is 2.71. The van der Waals surface area contributed by atoms with Gasteiger partial charge in [0.25, 0.3) is 0 Å². The molecule has 9 heteroatoms. The Bertz CT molecular complexity index is 410. The van der Waals surface area contributed by atoms with Crippen LogP contribution in [0.15, 0.2) is 0 Å². The van der Waals surface area contributed by atoms with Crippen LogP contribution in [0.4, 0.5) is 4.79 Å². The summed E-state index contributed by atoms with van der Waals surface area (Å²) in [6.07, 6.45) is 2.75. The van der Waals surface area contributed by atoms with E-state index in [2.05, 4.69) is 5.32 Å². The van der Waals surface area contributed by atoms with Crippen molar-refractivity contribution in [3.05, 3.63) is 0 Å². The van der Waals surface area contributed by atoms with E-state index in [0.717, 1.165) is 19.3 Å². The quantitative estimate of drug-likeness (QED) is 0.413.